The molecule has 0 aromatic rings. The van der Waals surface area contributed by atoms with Crippen LogP contribution in [0.3, 0.4) is 0 Å². The zero-order valence-electron chi connectivity index (χ0n) is 4.22. The summed E-state index contributed by atoms with van der Waals surface area (Å²) in [5.74, 6) is 0. The molecule has 1 heterocycles. The summed E-state index contributed by atoms with van der Waals surface area (Å²) in [5, 5.41) is 0.333. The molecular formula is C4H8O2S. The van der Waals surface area contributed by atoms with Crippen LogP contribution in [0, 0.1) is 0 Å². The Labute approximate surface area is 46.0 Å². The van der Waals surface area contributed by atoms with Gasteiger partial charge in [-0.25, -0.2) is 0 Å². The molecular weight excluding hydrogens is 112 g/mol. The van der Waals surface area contributed by atoms with Crippen LogP contribution in [0.25, 0.3) is 0 Å². The lowest BCUT2D eigenvalue weighted by Gasteiger charge is -2.25. The first-order valence-electron chi connectivity index (χ1n) is 2.20. The summed E-state index contributed by atoms with van der Waals surface area (Å²) in [7, 11) is 0. The Hall–Kier alpha value is 0.270. The second-order valence-electron chi connectivity index (χ2n) is 1.66. The van der Waals surface area contributed by atoms with Gasteiger partial charge in [-0.2, -0.15) is 0 Å². The van der Waals surface area contributed by atoms with E-state index in [9.17, 15) is 4.55 Å². The zero-order valence-corrected chi connectivity index (χ0v) is 5.03. The predicted octanol–water partition coefficient (Wildman–Crippen LogP) is -0.236. The van der Waals surface area contributed by atoms with Crippen LogP contribution in [0.5, 0.6) is 0 Å². The van der Waals surface area contributed by atoms with Crippen molar-refractivity contribution in [2.45, 2.75) is 5.25 Å². The molecule has 42 valence electrons. The smallest absolute Gasteiger partial charge is 0.161 e. The van der Waals surface area contributed by atoms with Crippen molar-refractivity contribution in [3.63, 3.8) is 0 Å². The third kappa shape index (κ3) is 1.08. The first-order valence-corrected chi connectivity index (χ1v) is 3.83. The van der Waals surface area contributed by atoms with E-state index in [2.05, 4.69) is 0 Å². The van der Waals surface area contributed by atoms with E-state index >= 15 is 0 Å². The molecule has 1 saturated heterocycles. The van der Waals surface area contributed by atoms with Crippen LogP contribution in [0.15, 0.2) is 0 Å². The third-order valence-corrected chi connectivity index (χ3v) is 2.29. The maximum Gasteiger partial charge on any atom is 0.161 e. The average molecular weight is 120 g/mol. The van der Waals surface area contributed by atoms with Gasteiger partial charge in [0, 0.05) is 0 Å². The van der Waals surface area contributed by atoms with Crippen molar-refractivity contribution in [3.8, 4) is 0 Å². The highest BCUT2D eigenvalue weighted by molar-refractivity contribution is 7.91. The van der Waals surface area contributed by atoms with Gasteiger partial charge in [0.05, 0.1) is 19.5 Å². The molecule has 0 spiro atoms. The van der Waals surface area contributed by atoms with E-state index in [4.69, 9.17) is 4.74 Å². The Balaban J connectivity index is 2.14. The highest BCUT2D eigenvalue weighted by Crippen LogP contribution is 2.08. The van der Waals surface area contributed by atoms with Gasteiger partial charge < -0.3 is 9.29 Å². The van der Waals surface area contributed by atoms with Crippen LogP contribution >= 0.6 is 0 Å². The quantitative estimate of drug-likeness (QED) is 0.447. The first-order chi connectivity index (χ1) is 3.30. The fraction of sp³-hybridized carbons (Fsp3) is 1.00. The average Bonchev–Trinajstić information content (AvgIpc) is 1.23. The molecule has 1 atom stereocenters. The van der Waals surface area contributed by atoms with Crippen LogP contribution < -0.4 is 0 Å². The van der Waals surface area contributed by atoms with Crippen LogP contribution in [0.4, 0.5) is 0 Å². The number of hydrogen-bond donors (Lipinski definition) is 0. The lowest BCUT2D eigenvalue weighted by molar-refractivity contribution is 0.0418. The third-order valence-electron chi connectivity index (χ3n) is 1.08. The van der Waals surface area contributed by atoms with Crippen molar-refractivity contribution in [2.75, 3.05) is 19.5 Å². The molecule has 0 radical (unpaired) electrons. The van der Waals surface area contributed by atoms with Gasteiger partial charge in [-0.3, -0.25) is 0 Å². The molecule has 0 aromatic heterocycles. The van der Waals surface area contributed by atoms with Crippen LogP contribution in [0.2, 0.25) is 0 Å². The molecule has 1 fully saturated rings. The molecule has 2 nitrogen and oxygen atoms in total. The van der Waals surface area contributed by atoms with Gasteiger partial charge in [0.2, 0.25) is 0 Å². The topological polar surface area (TPSA) is 32.3 Å². The lowest BCUT2D eigenvalue weighted by Crippen LogP contribution is -2.39. The van der Waals surface area contributed by atoms with Gasteiger partial charge >= 0.3 is 0 Å². The molecule has 1 aliphatic rings. The predicted molar refractivity (Wildman–Crippen MR) is 28.7 cm³/mol. The Morgan fingerprint density at radius 3 is 2.29 bits per heavy atom. The summed E-state index contributed by atoms with van der Waals surface area (Å²) < 4.78 is 15.3. The van der Waals surface area contributed by atoms with Gasteiger partial charge in [0.25, 0.3) is 0 Å². The minimum absolute atomic E-state index is 0.333. The van der Waals surface area contributed by atoms with E-state index < -0.39 is 11.2 Å². The largest absolute Gasteiger partial charge is 0.616 e. The van der Waals surface area contributed by atoms with Crippen molar-refractivity contribution in [1.82, 2.24) is 0 Å². The van der Waals surface area contributed by atoms with Crippen molar-refractivity contribution >= 4 is 11.2 Å². The minimum atomic E-state index is -0.649. The standard InChI is InChI=1S/C4H8O2S/c1-7(5)4-2-6-3-4/h4H,2-3H2,1H3. The van der Waals surface area contributed by atoms with E-state index in [0.717, 1.165) is 0 Å². The van der Waals surface area contributed by atoms with Crippen LogP contribution in [-0.2, 0) is 15.9 Å². The fourth-order valence-electron chi connectivity index (χ4n) is 0.406. The summed E-state index contributed by atoms with van der Waals surface area (Å²) in [5.41, 5.74) is 0. The molecule has 1 unspecified atom stereocenters. The number of rotatable bonds is 1. The lowest BCUT2D eigenvalue weighted by atomic mass is 10.4. The van der Waals surface area contributed by atoms with Crippen molar-refractivity contribution in [2.24, 2.45) is 0 Å². The maximum atomic E-state index is 10.5. The van der Waals surface area contributed by atoms with Gasteiger partial charge in [0.15, 0.2) is 5.25 Å². The van der Waals surface area contributed by atoms with Crippen molar-refractivity contribution in [3.05, 3.63) is 0 Å². The van der Waals surface area contributed by atoms with Gasteiger partial charge in [-0.05, 0) is 11.2 Å². The summed E-state index contributed by atoms with van der Waals surface area (Å²) in [6, 6.07) is 0. The molecule has 0 amide bonds. The highest BCUT2D eigenvalue weighted by atomic mass is 32.2. The zero-order chi connectivity index (χ0) is 5.28. The second kappa shape index (κ2) is 2.03. The Morgan fingerprint density at radius 1 is 1.71 bits per heavy atom. The molecule has 0 saturated carbocycles. The molecule has 1 aliphatic heterocycles. The molecule has 1 rings (SSSR count). The van der Waals surface area contributed by atoms with Crippen molar-refractivity contribution < 1.29 is 9.29 Å². The first kappa shape index (κ1) is 5.41. The van der Waals surface area contributed by atoms with Gasteiger partial charge in [-0.15, -0.1) is 0 Å². The summed E-state index contributed by atoms with van der Waals surface area (Å²) in [6.45, 7) is 1.40. The van der Waals surface area contributed by atoms with Crippen molar-refractivity contribution in [1.29, 1.82) is 0 Å². The van der Waals surface area contributed by atoms with E-state index in [1.54, 1.807) is 6.26 Å². The molecule has 0 aromatic carbocycles. The Morgan fingerprint density at radius 2 is 2.29 bits per heavy atom. The Kier molecular flexibility index (Phi) is 1.57. The Bertz CT molecular complexity index is 60.7. The molecule has 7 heavy (non-hydrogen) atoms. The molecule has 0 N–H and O–H groups in total. The molecule has 0 aliphatic carbocycles. The SMILES string of the molecule is C[S+]([O-])C1COC1. The fourth-order valence-corrected chi connectivity index (χ4v) is 0.981. The normalized spacial score (nSPS) is 26.6. The minimum Gasteiger partial charge on any atom is -0.616 e. The van der Waals surface area contributed by atoms with Gasteiger partial charge in [-0.1, -0.05) is 0 Å². The molecule has 3 heteroatoms. The van der Waals surface area contributed by atoms with E-state index in [1.165, 1.54) is 0 Å². The van der Waals surface area contributed by atoms with E-state index in [1.807, 2.05) is 0 Å². The van der Waals surface area contributed by atoms with Crippen LogP contribution in [0.1, 0.15) is 0 Å². The summed E-state index contributed by atoms with van der Waals surface area (Å²) in [4.78, 5) is 0. The molecule has 0 bridgehead atoms. The highest BCUT2D eigenvalue weighted by Gasteiger charge is 2.26. The number of ether oxygens (including phenoxy) is 1. The summed E-state index contributed by atoms with van der Waals surface area (Å²) >= 11 is -0.649. The second-order valence-corrected chi connectivity index (χ2v) is 3.32. The monoisotopic (exact) mass is 120 g/mol. The van der Waals surface area contributed by atoms with Gasteiger partial charge in [0.1, 0.15) is 0 Å². The van der Waals surface area contributed by atoms with Crippen LogP contribution in [-0.4, -0.2) is 29.3 Å². The number of hydrogen-bond acceptors (Lipinski definition) is 2. The summed E-state index contributed by atoms with van der Waals surface area (Å²) in [6.07, 6.45) is 1.72. The maximum absolute atomic E-state index is 10.5. The van der Waals surface area contributed by atoms with E-state index in [0.29, 0.717) is 18.5 Å². The van der Waals surface area contributed by atoms with E-state index in [-0.39, 0.29) is 0 Å².